The van der Waals surface area contributed by atoms with Crippen LogP contribution in [0.25, 0.3) is 0 Å². The van der Waals surface area contributed by atoms with Crippen molar-refractivity contribution in [2.45, 2.75) is 24.9 Å². The van der Waals surface area contributed by atoms with Crippen LogP contribution in [-0.2, 0) is 11.3 Å². The standard InChI is InChI=1S/C19H16Br2F2N4O2/c20-14-3-1-12(2-4-14)9-26-10-13(5-16(26)21)18(29)25-8-17(28)27-11-19(22,23)6-15(27)7-24/h1-5,10,15H,6,8-9,11H2,(H,25,29)/t15-/m0/s1. The van der Waals surface area contributed by atoms with Crippen LogP contribution in [0.2, 0.25) is 0 Å². The summed E-state index contributed by atoms with van der Waals surface area (Å²) in [5.41, 5.74) is 1.36. The molecule has 1 aliphatic heterocycles. The molecule has 0 bridgehead atoms. The molecular formula is C19H16Br2F2N4O2. The average molecular weight is 530 g/mol. The van der Waals surface area contributed by atoms with E-state index in [2.05, 4.69) is 37.2 Å². The molecule has 6 nitrogen and oxygen atoms in total. The molecule has 2 aromatic rings. The summed E-state index contributed by atoms with van der Waals surface area (Å²) in [6.45, 7) is -0.732. The zero-order valence-corrected chi connectivity index (χ0v) is 18.2. The normalized spacial score (nSPS) is 17.8. The zero-order chi connectivity index (χ0) is 21.2. The third kappa shape index (κ3) is 5.22. The lowest BCUT2D eigenvalue weighted by molar-refractivity contribution is -0.131. The van der Waals surface area contributed by atoms with Crippen LogP contribution in [0.15, 0.2) is 45.6 Å². The summed E-state index contributed by atoms with van der Waals surface area (Å²) in [7, 11) is 0. The Kier molecular flexibility index (Phi) is 6.39. The molecule has 0 saturated carbocycles. The van der Waals surface area contributed by atoms with E-state index in [1.807, 2.05) is 28.8 Å². The van der Waals surface area contributed by atoms with E-state index in [9.17, 15) is 18.4 Å². The Morgan fingerprint density at radius 3 is 2.62 bits per heavy atom. The van der Waals surface area contributed by atoms with Crippen molar-refractivity contribution >= 4 is 43.7 Å². The van der Waals surface area contributed by atoms with E-state index in [0.717, 1.165) is 14.9 Å². The number of nitrogens with zero attached hydrogens (tertiary/aromatic N) is 3. The number of amides is 2. The molecule has 1 saturated heterocycles. The number of carbonyl (C=O) groups excluding carboxylic acids is 2. The number of hydrogen-bond acceptors (Lipinski definition) is 3. The molecule has 0 unspecified atom stereocenters. The van der Waals surface area contributed by atoms with Gasteiger partial charge in [0.15, 0.2) is 0 Å². The van der Waals surface area contributed by atoms with Gasteiger partial charge in [0.1, 0.15) is 6.04 Å². The van der Waals surface area contributed by atoms with Gasteiger partial charge >= 0.3 is 0 Å². The van der Waals surface area contributed by atoms with Gasteiger partial charge < -0.3 is 14.8 Å². The van der Waals surface area contributed by atoms with E-state index in [-0.39, 0.29) is 0 Å². The molecule has 0 aliphatic carbocycles. The summed E-state index contributed by atoms with van der Waals surface area (Å²) in [5, 5.41) is 11.4. The van der Waals surface area contributed by atoms with Crippen molar-refractivity contribution in [3.8, 4) is 6.07 Å². The highest BCUT2D eigenvalue weighted by atomic mass is 79.9. The van der Waals surface area contributed by atoms with E-state index in [4.69, 9.17) is 5.26 Å². The zero-order valence-electron chi connectivity index (χ0n) is 15.0. The molecule has 1 atom stereocenters. The van der Waals surface area contributed by atoms with Gasteiger partial charge in [-0.15, -0.1) is 0 Å². The number of nitrogens with one attached hydrogen (secondary N) is 1. The number of rotatable bonds is 5. The maximum absolute atomic E-state index is 13.5. The Labute approximate surface area is 182 Å². The number of nitriles is 1. The molecule has 10 heteroatoms. The first-order chi connectivity index (χ1) is 13.7. The van der Waals surface area contributed by atoms with Crippen molar-refractivity contribution in [1.29, 1.82) is 5.26 Å². The Morgan fingerprint density at radius 2 is 1.97 bits per heavy atom. The lowest BCUT2D eigenvalue weighted by Crippen LogP contribution is -2.42. The van der Waals surface area contributed by atoms with Gasteiger partial charge in [-0.2, -0.15) is 5.26 Å². The molecule has 29 heavy (non-hydrogen) atoms. The van der Waals surface area contributed by atoms with Crippen LogP contribution in [-0.4, -0.2) is 46.3 Å². The summed E-state index contributed by atoms with van der Waals surface area (Å²) in [6, 6.07) is 9.87. The fourth-order valence-electron chi connectivity index (χ4n) is 3.06. The topological polar surface area (TPSA) is 78.1 Å². The van der Waals surface area contributed by atoms with Gasteiger partial charge in [0, 0.05) is 23.6 Å². The smallest absolute Gasteiger partial charge is 0.268 e. The first-order valence-corrected chi connectivity index (χ1v) is 10.2. The van der Waals surface area contributed by atoms with Crippen LogP contribution >= 0.6 is 31.9 Å². The van der Waals surface area contributed by atoms with Gasteiger partial charge in [0.2, 0.25) is 5.91 Å². The van der Waals surface area contributed by atoms with Gasteiger partial charge in [0.25, 0.3) is 11.8 Å². The highest BCUT2D eigenvalue weighted by Gasteiger charge is 2.47. The summed E-state index contributed by atoms with van der Waals surface area (Å²) in [4.78, 5) is 25.4. The van der Waals surface area contributed by atoms with E-state index >= 15 is 0 Å². The Hall–Kier alpha value is -2.25. The third-order valence-electron chi connectivity index (χ3n) is 4.51. The average Bonchev–Trinajstić information content (AvgIpc) is 3.20. The van der Waals surface area contributed by atoms with Crippen LogP contribution in [0.5, 0.6) is 0 Å². The Bertz CT molecular complexity index is 970. The molecule has 2 heterocycles. The molecule has 152 valence electrons. The number of alkyl halides is 2. The first kappa shape index (κ1) is 21.5. The van der Waals surface area contributed by atoms with Crippen LogP contribution in [0, 0.1) is 11.3 Å². The summed E-state index contributed by atoms with van der Waals surface area (Å²) >= 11 is 6.78. The molecule has 2 amide bonds. The second-order valence-electron chi connectivity index (χ2n) is 6.72. The van der Waals surface area contributed by atoms with Crippen molar-refractivity contribution in [2.75, 3.05) is 13.1 Å². The molecule has 0 radical (unpaired) electrons. The summed E-state index contributed by atoms with van der Waals surface area (Å²) in [5.74, 6) is -4.31. The third-order valence-corrected chi connectivity index (χ3v) is 5.72. The van der Waals surface area contributed by atoms with E-state index < -0.39 is 43.3 Å². The number of likely N-dealkylation sites (tertiary alicyclic amines) is 1. The van der Waals surface area contributed by atoms with E-state index in [1.165, 1.54) is 0 Å². The summed E-state index contributed by atoms with van der Waals surface area (Å²) < 4.78 is 30.4. The highest BCUT2D eigenvalue weighted by Crippen LogP contribution is 2.31. The van der Waals surface area contributed by atoms with Crippen LogP contribution in [0.1, 0.15) is 22.3 Å². The molecule has 1 N–H and O–H groups in total. The van der Waals surface area contributed by atoms with Crippen molar-refractivity contribution < 1.29 is 18.4 Å². The number of benzene rings is 1. The van der Waals surface area contributed by atoms with Crippen molar-refractivity contribution in [1.82, 2.24) is 14.8 Å². The van der Waals surface area contributed by atoms with Crippen LogP contribution in [0.4, 0.5) is 8.78 Å². The first-order valence-electron chi connectivity index (χ1n) is 8.64. The van der Waals surface area contributed by atoms with Gasteiger partial charge in [-0.05, 0) is 39.7 Å². The van der Waals surface area contributed by atoms with Gasteiger partial charge in [0.05, 0.1) is 29.3 Å². The molecule has 1 aliphatic rings. The molecule has 1 aromatic carbocycles. The minimum atomic E-state index is -3.09. The highest BCUT2D eigenvalue weighted by molar-refractivity contribution is 9.10. The largest absolute Gasteiger partial charge is 0.343 e. The number of carbonyl (C=O) groups is 2. The fraction of sp³-hybridized carbons (Fsp3) is 0.316. The second kappa shape index (κ2) is 8.63. The minimum absolute atomic E-state index is 0.324. The predicted octanol–water partition coefficient (Wildman–Crippen LogP) is 3.55. The fourth-order valence-corrected chi connectivity index (χ4v) is 3.80. The van der Waals surface area contributed by atoms with Crippen molar-refractivity contribution in [2.24, 2.45) is 0 Å². The van der Waals surface area contributed by atoms with E-state index in [0.29, 0.717) is 16.7 Å². The van der Waals surface area contributed by atoms with E-state index in [1.54, 1.807) is 18.3 Å². The maximum atomic E-state index is 13.5. The Morgan fingerprint density at radius 1 is 1.28 bits per heavy atom. The van der Waals surface area contributed by atoms with Crippen LogP contribution in [0.3, 0.4) is 0 Å². The van der Waals surface area contributed by atoms with Gasteiger partial charge in [-0.1, -0.05) is 28.1 Å². The number of halogens is 4. The monoisotopic (exact) mass is 528 g/mol. The van der Waals surface area contributed by atoms with Crippen molar-refractivity contribution in [3.05, 3.63) is 56.7 Å². The number of hydrogen-bond donors (Lipinski definition) is 1. The SMILES string of the molecule is N#C[C@@H]1CC(F)(F)CN1C(=O)CNC(=O)c1cc(Br)n(Cc2ccc(Br)cc2)c1. The predicted molar refractivity (Wildman–Crippen MR) is 108 cm³/mol. The maximum Gasteiger partial charge on any atom is 0.268 e. The van der Waals surface area contributed by atoms with Crippen molar-refractivity contribution in [3.63, 3.8) is 0 Å². The molecule has 3 rings (SSSR count). The molecule has 0 spiro atoms. The van der Waals surface area contributed by atoms with Crippen LogP contribution < -0.4 is 5.32 Å². The summed E-state index contributed by atoms with van der Waals surface area (Å²) in [6.07, 6.45) is 0.947. The molecule has 1 fully saturated rings. The second-order valence-corrected chi connectivity index (χ2v) is 8.44. The quantitative estimate of drug-likeness (QED) is 0.643. The Balaban J connectivity index is 1.60. The molecule has 1 aromatic heterocycles. The lowest BCUT2D eigenvalue weighted by Gasteiger charge is -2.19. The number of aromatic nitrogens is 1. The molecular weight excluding hydrogens is 514 g/mol. The lowest BCUT2D eigenvalue weighted by atomic mass is 10.2. The minimum Gasteiger partial charge on any atom is -0.343 e. The van der Waals surface area contributed by atoms with Gasteiger partial charge in [-0.25, -0.2) is 8.78 Å². The van der Waals surface area contributed by atoms with Gasteiger partial charge in [-0.3, -0.25) is 9.59 Å².